The normalized spacial score (nSPS) is 11.6. The van der Waals surface area contributed by atoms with Gasteiger partial charge in [0.1, 0.15) is 0 Å². The Morgan fingerprint density at radius 2 is 1.69 bits per heavy atom. The van der Waals surface area contributed by atoms with Crippen LogP contribution in [0.5, 0.6) is 0 Å². The molecule has 0 aromatic carbocycles. The van der Waals surface area contributed by atoms with E-state index in [2.05, 4.69) is 4.72 Å². The molecule has 16 heavy (non-hydrogen) atoms. The van der Waals surface area contributed by atoms with Crippen molar-refractivity contribution >= 4 is 16.0 Å². The van der Waals surface area contributed by atoms with Crippen molar-refractivity contribution < 1.29 is 18.3 Å². The molecule has 0 saturated carbocycles. The molecular formula is C10H21NO4S. The van der Waals surface area contributed by atoms with Gasteiger partial charge in [-0.15, -0.1) is 0 Å². The molecule has 0 amide bonds. The van der Waals surface area contributed by atoms with E-state index in [-0.39, 0.29) is 12.2 Å². The van der Waals surface area contributed by atoms with E-state index in [1.807, 2.05) is 0 Å². The predicted molar refractivity (Wildman–Crippen MR) is 62.8 cm³/mol. The number of carboxylic acid groups (broad SMARTS) is 1. The van der Waals surface area contributed by atoms with Crippen LogP contribution in [0.1, 0.15) is 45.4 Å². The molecular weight excluding hydrogens is 230 g/mol. The molecule has 0 aromatic heterocycles. The zero-order valence-electron chi connectivity index (χ0n) is 9.74. The lowest BCUT2D eigenvalue weighted by molar-refractivity contribution is -0.137. The van der Waals surface area contributed by atoms with Gasteiger partial charge >= 0.3 is 5.97 Å². The third-order valence-corrected chi connectivity index (χ3v) is 3.67. The standard InChI is InChI=1S/C10H21NO4S/c1-2-16(14,15)11-9-7-5-3-4-6-8-10(12)13/h11H,2-9H2,1H3,(H,12,13). The van der Waals surface area contributed by atoms with Gasteiger partial charge in [0.25, 0.3) is 0 Å². The van der Waals surface area contributed by atoms with Gasteiger partial charge in [0.05, 0.1) is 5.75 Å². The van der Waals surface area contributed by atoms with Gasteiger partial charge in [0, 0.05) is 13.0 Å². The number of rotatable bonds is 10. The molecule has 0 heterocycles. The second kappa shape index (κ2) is 8.52. The molecule has 0 aliphatic rings. The second-order valence-corrected chi connectivity index (χ2v) is 5.80. The van der Waals surface area contributed by atoms with Crippen LogP contribution in [0.25, 0.3) is 0 Å². The maximum Gasteiger partial charge on any atom is 0.303 e. The number of carbonyl (C=O) groups is 1. The van der Waals surface area contributed by atoms with Crippen LogP contribution in [0.3, 0.4) is 0 Å². The highest BCUT2D eigenvalue weighted by atomic mass is 32.2. The fourth-order valence-corrected chi connectivity index (χ4v) is 1.92. The first kappa shape index (κ1) is 15.4. The summed E-state index contributed by atoms with van der Waals surface area (Å²) >= 11 is 0. The van der Waals surface area contributed by atoms with Crippen LogP contribution >= 0.6 is 0 Å². The van der Waals surface area contributed by atoms with E-state index < -0.39 is 16.0 Å². The maximum absolute atomic E-state index is 11.0. The molecule has 0 aromatic rings. The van der Waals surface area contributed by atoms with Crippen molar-refractivity contribution in [3.05, 3.63) is 0 Å². The van der Waals surface area contributed by atoms with Crippen LogP contribution in [-0.2, 0) is 14.8 Å². The van der Waals surface area contributed by atoms with E-state index >= 15 is 0 Å². The molecule has 0 bridgehead atoms. The summed E-state index contributed by atoms with van der Waals surface area (Å²) in [6.45, 7) is 2.09. The van der Waals surface area contributed by atoms with E-state index in [0.29, 0.717) is 13.0 Å². The van der Waals surface area contributed by atoms with Gasteiger partial charge in [-0.05, 0) is 19.8 Å². The molecule has 0 aliphatic carbocycles. The summed E-state index contributed by atoms with van der Waals surface area (Å²) in [5.41, 5.74) is 0. The zero-order valence-corrected chi connectivity index (χ0v) is 10.6. The number of hydrogen-bond acceptors (Lipinski definition) is 3. The lowest BCUT2D eigenvalue weighted by Gasteiger charge is -2.03. The monoisotopic (exact) mass is 251 g/mol. The van der Waals surface area contributed by atoms with E-state index in [1.54, 1.807) is 6.92 Å². The zero-order chi connectivity index (χ0) is 12.4. The molecule has 0 saturated heterocycles. The Balaban J connectivity index is 3.25. The molecule has 2 N–H and O–H groups in total. The highest BCUT2D eigenvalue weighted by Crippen LogP contribution is 2.04. The Morgan fingerprint density at radius 3 is 2.25 bits per heavy atom. The lowest BCUT2D eigenvalue weighted by atomic mass is 10.1. The van der Waals surface area contributed by atoms with Gasteiger partial charge in [-0.3, -0.25) is 4.79 Å². The first-order valence-corrected chi connectivity index (χ1v) is 7.32. The molecule has 0 fully saturated rings. The van der Waals surface area contributed by atoms with Crippen molar-refractivity contribution in [1.29, 1.82) is 0 Å². The Labute approximate surface area is 97.3 Å². The molecule has 0 unspecified atom stereocenters. The number of aliphatic carboxylic acids is 1. The summed E-state index contributed by atoms with van der Waals surface area (Å²) < 4.78 is 24.6. The van der Waals surface area contributed by atoms with Crippen molar-refractivity contribution in [2.75, 3.05) is 12.3 Å². The summed E-state index contributed by atoms with van der Waals surface area (Å²) in [6, 6.07) is 0. The van der Waals surface area contributed by atoms with Crippen molar-refractivity contribution in [2.24, 2.45) is 0 Å². The first-order chi connectivity index (χ1) is 7.48. The Kier molecular flexibility index (Phi) is 8.19. The topological polar surface area (TPSA) is 83.5 Å². The van der Waals surface area contributed by atoms with Crippen molar-refractivity contribution in [1.82, 2.24) is 4.72 Å². The van der Waals surface area contributed by atoms with Gasteiger partial charge in [0.15, 0.2) is 0 Å². The molecule has 0 aliphatic heterocycles. The SMILES string of the molecule is CCS(=O)(=O)NCCCCCCCC(=O)O. The minimum atomic E-state index is -3.06. The highest BCUT2D eigenvalue weighted by Gasteiger charge is 2.04. The van der Waals surface area contributed by atoms with Gasteiger partial charge in [-0.2, -0.15) is 0 Å². The van der Waals surface area contributed by atoms with Gasteiger partial charge in [-0.1, -0.05) is 19.3 Å². The van der Waals surface area contributed by atoms with Gasteiger partial charge < -0.3 is 5.11 Å². The maximum atomic E-state index is 11.0. The lowest BCUT2D eigenvalue weighted by Crippen LogP contribution is -2.26. The van der Waals surface area contributed by atoms with Crippen LogP contribution < -0.4 is 4.72 Å². The van der Waals surface area contributed by atoms with Crippen molar-refractivity contribution in [3.63, 3.8) is 0 Å². The van der Waals surface area contributed by atoms with Crippen LogP contribution in [0.4, 0.5) is 0 Å². The quantitative estimate of drug-likeness (QED) is 0.574. The van der Waals surface area contributed by atoms with Crippen LogP contribution in [0, 0.1) is 0 Å². The summed E-state index contributed by atoms with van der Waals surface area (Å²) in [5, 5.41) is 8.39. The summed E-state index contributed by atoms with van der Waals surface area (Å²) in [7, 11) is -3.06. The van der Waals surface area contributed by atoms with Crippen LogP contribution in [-0.4, -0.2) is 31.8 Å². The summed E-state index contributed by atoms with van der Waals surface area (Å²) in [4.78, 5) is 10.2. The molecule has 96 valence electrons. The Morgan fingerprint density at radius 1 is 1.12 bits per heavy atom. The molecule has 6 heteroatoms. The molecule has 5 nitrogen and oxygen atoms in total. The largest absolute Gasteiger partial charge is 0.481 e. The number of nitrogens with one attached hydrogen (secondary N) is 1. The van der Waals surface area contributed by atoms with Crippen molar-refractivity contribution in [2.45, 2.75) is 45.4 Å². The van der Waals surface area contributed by atoms with E-state index in [1.165, 1.54) is 0 Å². The minimum absolute atomic E-state index is 0.117. The molecule has 0 rings (SSSR count). The number of sulfonamides is 1. The molecule has 0 radical (unpaired) electrons. The number of unbranched alkanes of at least 4 members (excludes halogenated alkanes) is 4. The third kappa shape index (κ3) is 9.92. The Hall–Kier alpha value is -0.620. The first-order valence-electron chi connectivity index (χ1n) is 5.67. The Bertz CT molecular complexity index is 287. The van der Waals surface area contributed by atoms with Crippen molar-refractivity contribution in [3.8, 4) is 0 Å². The second-order valence-electron chi connectivity index (χ2n) is 3.71. The average Bonchev–Trinajstić information content (AvgIpc) is 2.21. The van der Waals surface area contributed by atoms with Gasteiger partial charge in [0.2, 0.25) is 10.0 Å². The van der Waals surface area contributed by atoms with Crippen LogP contribution in [0.15, 0.2) is 0 Å². The number of carboxylic acids is 1. The summed E-state index contributed by atoms with van der Waals surface area (Å²) in [5.74, 6) is -0.637. The third-order valence-electron chi connectivity index (χ3n) is 2.27. The smallest absolute Gasteiger partial charge is 0.303 e. The molecule has 0 spiro atoms. The minimum Gasteiger partial charge on any atom is -0.481 e. The highest BCUT2D eigenvalue weighted by molar-refractivity contribution is 7.89. The van der Waals surface area contributed by atoms with E-state index in [0.717, 1.165) is 25.7 Å². The van der Waals surface area contributed by atoms with Gasteiger partial charge in [-0.25, -0.2) is 13.1 Å². The van der Waals surface area contributed by atoms with Crippen LogP contribution in [0.2, 0.25) is 0 Å². The summed E-state index contributed by atoms with van der Waals surface area (Å²) in [6.07, 6.45) is 4.53. The average molecular weight is 251 g/mol. The molecule has 0 atom stereocenters. The van der Waals surface area contributed by atoms with E-state index in [9.17, 15) is 13.2 Å². The fourth-order valence-electron chi connectivity index (χ4n) is 1.26. The number of hydrogen-bond donors (Lipinski definition) is 2. The predicted octanol–water partition coefficient (Wildman–Crippen LogP) is 1.35. The van der Waals surface area contributed by atoms with E-state index in [4.69, 9.17) is 5.11 Å². The fraction of sp³-hybridized carbons (Fsp3) is 0.900.